The van der Waals surface area contributed by atoms with Gasteiger partial charge in [-0.15, -0.1) is 0 Å². The molecule has 1 aromatic rings. The number of hydrogen-bond donors (Lipinski definition) is 2. The summed E-state index contributed by atoms with van der Waals surface area (Å²) in [5.41, 5.74) is 6.16. The first-order valence-corrected chi connectivity index (χ1v) is 5.85. The lowest BCUT2D eigenvalue weighted by Crippen LogP contribution is -2.13. The van der Waals surface area contributed by atoms with Gasteiger partial charge in [-0.05, 0) is 37.0 Å². The molecule has 1 aliphatic carbocycles. The molecule has 0 bridgehead atoms. The van der Waals surface area contributed by atoms with Crippen LogP contribution in [-0.4, -0.2) is 21.8 Å². The number of aromatic nitrogens is 1. The zero-order valence-electron chi connectivity index (χ0n) is 9.51. The number of pyridine rings is 1. The molecule has 0 aromatic carbocycles. The third-order valence-electron chi connectivity index (χ3n) is 2.54. The summed E-state index contributed by atoms with van der Waals surface area (Å²) in [5, 5.41) is 9.38. The lowest BCUT2D eigenvalue weighted by molar-refractivity contribution is -0.129. The van der Waals surface area contributed by atoms with Gasteiger partial charge in [-0.2, -0.15) is 0 Å². The molecule has 0 spiro atoms. The van der Waals surface area contributed by atoms with Gasteiger partial charge in [0.1, 0.15) is 0 Å². The van der Waals surface area contributed by atoms with Gasteiger partial charge in [0, 0.05) is 11.9 Å². The van der Waals surface area contributed by atoms with E-state index in [0.29, 0.717) is 10.7 Å². The number of aliphatic imine (C=N–C) groups is 1. The Morgan fingerprint density at radius 3 is 2.89 bits per heavy atom. The van der Waals surface area contributed by atoms with E-state index in [9.17, 15) is 4.79 Å². The first-order valence-electron chi connectivity index (χ1n) is 5.47. The Bertz CT molecular complexity index is 536. The molecule has 0 saturated heterocycles. The Kier molecular flexibility index (Phi) is 3.62. The zero-order valence-corrected chi connectivity index (χ0v) is 10.3. The highest BCUT2D eigenvalue weighted by atomic mass is 35.5. The lowest BCUT2D eigenvalue weighted by atomic mass is 10.2. The van der Waals surface area contributed by atoms with Crippen LogP contribution in [0.3, 0.4) is 0 Å². The highest BCUT2D eigenvalue weighted by Gasteiger charge is 2.25. The van der Waals surface area contributed by atoms with Crippen LogP contribution in [-0.2, 0) is 4.79 Å². The minimum Gasteiger partial charge on any atom is -0.477 e. The van der Waals surface area contributed by atoms with Gasteiger partial charge in [0.15, 0.2) is 11.5 Å². The van der Waals surface area contributed by atoms with Crippen LogP contribution in [0.25, 0.3) is 0 Å². The minimum atomic E-state index is -1.15. The fraction of sp³-hybridized carbons (Fsp3) is 0.250. The molecule has 5 nitrogen and oxygen atoms in total. The number of rotatable bonds is 4. The van der Waals surface area contributed by atoms with Gasteiger partial charge >= 0.3 is 5.97 Å². The van der Waals surface area contributed by atoms with E-state index in [4.69, 9.17) is 22.4 Å². The van der Waals surface area contributed by atoms with Crippen LogP contribution in [0.15, 0.2) is 35.1 Å². The predicted molar refractivity (Wildman–Crippen MR) is 69.0 cm³/mol. The number of carboxylic acids is 1. The van der Waals surface area contributed by atoms with E-state index < -0.39 is 5.97 Å². The molecule has 0 unspecified atom stereocenters. The molecule has 18 heavy (non-hydrogen) atoms. The average Bonchev–Trinajstić information content (AvgIpc) is 3.14. The fourth-order valence-electron chi connectivity index (χ4n) is 1.41. The summed E-state index contributed by atoms with van der Waals surface area (Å²) >= 11 is 5.87. The summed E-state index contributed by atoms with van der Waals surface area (Å²) in [6.07, 6.45) is 4.88. The van der Waals surface area contributed by atoms with Crippen LogP contribution >= 0.6 is 11.6 Å². The van der Waals surface area contributed by atoms with Gasteiger partial charge in [-0.3, -0.25) is 0 Å². The van der Waals surface area contributed by atoms with Crippen molar-refractivity contribution >= 4 is 29.1 Å². The second-order valence-corrected chi connectivity index (χ2v) is 4.44. The van der Waals surface area contributed by atoms with Gasteiger partial charge in [0.2, 0.25) is 0 Å². The van der Waals surface area contributed by atoms with Crippen molar-refractivity contribution in [2.24, 2.45) is 16.6 Å². The molecule has 0 amide bonds. The van der Waals surface area contributed by atoms with Crippen LogP contribution in [0, 0.1) is 5.92 Å². The van der Waals surface area contributed by atoms with Crippen LogP contribution in [0.2, 0.25) is 5.02 Å². The molecule has 1 aliphatic rings. The predicted octanol–water partition coefficient (Wildman–Crippen LogP) is 2.14. The fourth-order valence-corrected chi connectivity index (χ4v) is 1.57. The Hall–Kier alpha value is -1.88. The smallest absolute Gasteiger partial charge is 0.354 e. The molecular formula is C12H12ClN3O2. The molecule has 3 N–H and O–H groups in total. The van der Waals surface area contributed by atoms with Crippen molar-refractivity contribution in [2.45, 2.75) is 12.8 Å². The summed E-state index contributed by atoms with van der Waals surface area (Å²) in [5.74, 6) is -0.689. The molecule has 1 heterocycles. The van der Waals surface area contributed by atoms with E-state index in [1.165, 1.54) is 12.3 Å². The normalized spacial score (nSPS) is 16.7. The standard InChI is InChI=1S/C12H12ClN3O2/c13-8-2-1-5-15-11(8)16-10(12(17)18)6-9(14)7-3-4-7/h1-2,5-7H,3-4,14H2,(H,17,18)/b9-6-,16-10-. The van der Waals surface area contributed by atoms with Crippen molar-refractivity contribution in [1.82, 2.24) is 4.98 Å². The summed E-state index contributed by atoms with van der Waals surface area (Å²) in [6, 6.07) is 3.25. The third-order valence-corrected chi connectivity index (χ3v) is 2.83. The zero-order chi connectivity index (χ0) is 13.1. The van der Waals surface area contributed by atoms with Crippen LogP contribution in [0.5, 0.6) is 0 Å². The highest BCUT2D eigenvalue weighted by Crippen LogP contribution is 2.33. The average molecular weight is 266 g/mol. The SMILES string of the molecule is N/C(=C\C(=N\c1ncccc1Cl)C(=O)O)C1CC1. The summed E-state index contributed by atoms with van der Waals surface area (Å²) in [7, 11) is 0. The largest absolute Gasteiger partial charge is 0.477 e. The number of hydrogen-bond acceptors (Lipinski definition) is 4. The molecular weight excluding hydrogens is 254 g/mol. The number of halogens is 1. The van der Waals surface area contributed by atoms with Crippen LogP contribution in [0.1, 0.15) is 12.8 Å². The Balaban J connectivity index is 2.33. The number of carboxylic acid groups (broad SMARTS) is 1. The topological polar surface area (TPSA) is 88.6 Å². The highest BCUT2D eigenvalue weighted by molar-refractivity contribution is 6.41. The number of carbonyl (C=O) groups is 1. The summed E-state index contributed by atoms with van der Waals surface area (Å²) in [4.78, 5) is 18.9. The Morgan fingerprint density at radius 1 is 1.61 bits per heavy atom. The van der Waals surface area contributed by atoms with E-state index in [1.807, 2.05) is 0 Å². The van der Waals surface area contributed by atoms with E-state index in [-0.39, 0.29) is 17.4 Å². The molecule has 0 radical (unpaired) electrons. The molecule has 2 rings (SSSR count). The Morgan fingerprint density at radius 2 is 2.33 bits per heavy atom. The third kappa shape index (κ3) is 3.07. The van der Waals surface area contributed by atoms with Gasteiger partial charge < -0.3 is 10.8 Å². The second-order valence-electron chi connectivity index (χ2n) is 4.03. The van der Waals surface area contributed by atoms with Gasteiger partial charge in [-0.25, -0.2) is 14.8 Å². The van der Waals surface area contributed by atoms with E-state index in [0.717, 1.165) is 12.8 Å². The van der Waals surface area contributed by atoms with Gasteiger partial charge in [-0.1, -0.05) is 11.6 Å². The molecule has 0 aliphatic heterocycles. The van der Waals surface area contributed by atoms with Crippen LogP contribution in [0.4, 0.5) is 5.82 Å². The quantitative estimate of drug-likeness (QED) is 0.817. The van der Waals surface area contributed by atoms with Crippen molar-refractivity contribution in [1.29, 1.82) is 0 Å². The van der Waals surface area contributed by atoms with E-state index in [2.05, 4.69) is 9.98 Å². The van der Waals surface area contributed by atoms with E-state index >= 15 is 0 Å². The summed E-state index contributed by atoms with van der Waals surface area (Å²) < 4.78 is 0. The molecule has 1 saturated carbocycles. The maximum absolute atomic E-state index is 11.1. The van der Waals surface area contributed by atoms with Crippen molar-refractivity contribution in [3.63, 3.8) is 0 Å². The molecule has 94 valence electrons. The molecule has 0 atom stereocenters. The molecule has 1 fully saturated rings. The second kappa shape index (κ2) is 5.18. The summed E-state index contributed by atoms with van der Waals surface area (Å²) in [6.45, 7) is 0. The van der Waals surface area contributed by atoms with Gasteiger partial charge in [0.25, 0.3) is 0 Å². The first kappa shape index (κ1) is 12.6. The van der Waals surface area contributed by atoms with Crippen LogP contribution < -0.4 is 5.73 Å². The Labute approximate surface area is 109 Å². The maximum atomic E-state index is 11.1. The van der Waals surface area contributed by atoms with E-state index in [1.54, 1.807) is 12.1 Å². The van der Waals surface area contributed by atoms with Crippen molar-refractivity contribution in [2.75, 3.05) is 0 Å². The monoisotopic (exact) mass is 265 g/mol. The number of nitrogens with two attached hydrogens (primary N) is 1. The van der Waals surface area contributed by atoms with Crippen molar-refractivity contribution in [3.8, 4) is 0 Å². The lowest BCUT2D eigenvalue weighted by Gasteiger charge is -2.00. The number of aliphatic carboxylic acids is 1. The molecule has 6 heteroatoms. The maximum Gasteiger partial charge on any atom is 0.354 e. The van der Waals surface area contributed by atoms with Crippen molar-refractivity contribution < 1.29 is 9.90 Å². The molecule has 1 aromatic heterocycles. The first-order chi connectivity index (χ1) is 8.58. The number of nitrogens with zero attached hydrogens (tertiary/aromatic N) is 2. The van der Waals surface area contributed by atoms with Crippen molar-refractivity contribution in [3.05, 3.63) is 35.1 Å². The van der Waals surface area contributed by atoms with Gasteiger partial charge in [0.05, 0.1) is 5.02 Å². The number of allylic oxidation sites excluding steroid dienone is 1. The minimum absolute atomic E-state index is 0.153.